The SMILES string of the molecule is COc1ccc(CN2C(=O)C(O)c3cc(I)ccc32)cc1. The second kappa shape index (κ2) is 5.65. The van der Waals surface area contributed by atoms with Crippen molar-refractivity contribution < 1.29 is 14.6 Å². The summed E-state index contributed by atoms with van der Waals surface area (Å²) >= 11 is 2.17. The van der Waals surface area contributed by atoms with Crippen LogP contribution in [0.15, 0.2) is 42.5 Å². The molecule has 21 heavy (non-hydrogen) atoms. The molecule has 1 atom stereocenters. The summed E-state index contributed by atoms with van der Waals surface area (Å²) in [4.78, 5) is 13.9. The van der Waals surface area contributed by atoms with E-state index in [0.717, 1.165) is 20.6 Å². The van der Waals surface area contributed by atoms with Gasteiger partial charge in [0, 0.05) is 9.13 Å². The van der Waals surface area contributed by atoms with E-state index in [1.54, 1.807) is 12.0 Å². The van der Waals surface area contributed by atoms with Crippen LogP contribution in [0.4, 0.5) is 5.69 Å². The molecule has 0 spiro atoms. The van der Waals surface area contributed by atoms with Crippen LogP contribution in [-0.2, 0) is 11.3 Å². The highest BCUT2D eigenvalue weighted by atomic mass is 127. The second-order valence-electron chi connectivity index (χ2n) is 4.88. The van der Waals surface area contributed by atoms with E-state index in [9.17, 15) is 9.90 Å². The fraction of sp³-hybridized carbons (Fsp3) is 0.188. The number of methoxy groups -OCH3 is 1. The van der Waals surface area contributed by atoms with E-state index in [1.807, 2.05) is 42.5 Å². The maximum atomic E-state index is 12.2. The molecular formula is C16H14INO3. The van der Waals surface area contributed by atoms with E-state index >= 15 is 0 Å². The minimum atomic E-state index is -1.06. The molecule has 0 radical (unpaired) electrons. The fourth-order valence-corrected chi connectivity index (χ4v) is 2.98. The average molecular weight is 395 g/mol. The number of amides is 1. The van der Waals surface area contributed by atoms with Gasteiger partial charge in [-0.3, -0.25) is 4.79 Å². The van der Waals surface area contributed by atoms with Crippen molar-refractivity contribution in [3.63, 3.8) is 0 Å². The summed E-state index contributed by atoms with van der Waals surface area (Å²) in [5, 5.41) is 10.1. The highest BCUT2D eigenvalue weighted by molar-refractivity contribution is 14.1. The van der Waals surface area contributed by atoms with Crippen LogP contribution < -0.4 is 9.64 Å². The van der Waals surface area contributed by atoms with Gasteiger partial charge in [0.15, 0.2) is 6.10 Å². The Morgan fingerprint density at radius 2 is 1.95 bits per heavy atom. The molecule has 0 bridgehead atoms. The molecule has 2 aromatic carbocycles. The van der Waals surface area contributed by atoms with Gasteiger partial charge in [-0.2, -0.15) is 0 Å². The lowest BCUT2D eigenvalue weighted by Gasteiger charge is -2.17. The van der Waals surface area contributed by atoms with Gasteiger partial charge in [0.2, 0.25) is 0 Å². The van der Waals surface area contributed by atoms with Gasteiger partial charge in [0.05, 0.1) is 19.3 Å². The quantitative estimate of drug-likeness (QED) is 0.814. The predicted molar refractivity (Wildman–Crippen MR) is 88.3 cm³/mol. The molecule has 3 rings (SSSR count). The van der Waals surface area contributed by atoms with Gasteiger partial charge in [-0.05, 0) is 58.5 Å². The van der Waals surface area contributed by atoms with Crippen molar-refractivity contribution in [2.24, 2.45) is 0 Å². The van der Waals surface area contributed by atoms with Crippen molar-refractivity contribution in [2.45, 2.75) is 12.6 Å². The number of ether oxygens (including phenoxy) is 1. The number of anilines is 1. The lowest BCUT2D eigenvalue weighted by molar-refractivity contribution is -0.125. The third kappa shape index (κ3) is 2.63. The van der Waals surface area contributed by atoms with E-state index < -0.39 is 6.10 Å². The molecule has 0 saturated heterocycles. The minimum absolute atomic E-state index is 0.275. The maximum absolute atomic E-state index is 12.2. The Bertz CT molecular complexity index is 684. The van der Waals surface area contributed by atoms with E-state index in [4.69, 9.17) is 4.74 Å². The lowest BCUT2D eigenvalue weighted by Crippen LogP contribution is -2.28. The standard InChI is InChI=1S/C16H14INO3/c1-21-12-5-2-10(3-6-12)9-18-14-7-4-11(17)8-13(14)15(19)16(18)20/h2-8,15,19H,9H2,1H3. The van der Waals surface area contributed by atoms with Crippen molar-refractivity contribution in [3.8, 4) is 5.75 Å². The zero-order chi connectivity index (χ0) is 15.0. The number of fused-ring (bicyclic) bond motifs is 1. The Balaban J connectivity index is 1.90. The van der Waals surface area contributed by atoms with E-state index in [2.05, 4.69) is 22.6 Å². The number of carbonyl (C=O) groups excluding carboxylic acids is 1. The number of halogens is 1. The van der Waals surface area contributed by atoms with Gasteiger partial charge in [-0.15, -0.1) is 0 Å². The van der Waals surface area contributed by atoms with Crippen LogP contribution in [0.3, 0.4) is 0 Å². The first-order valence-corrected chi connectivity index (χ1v) is 7.60. The van der Waals surface area contributed by atoms with Crippen LogP contribution in [0.25, 0.3) is 0 Å². The van der Waals surface area contributed by atoms with Crippen molar-refractivity contribution in [2.75, 3.05) is 12.0 Å². The Hall–Kier alpha value is -1.60. The third-order valence-electron chi connectivity index (χ3n) is 3.57. The third-order valence-corrected chi connectivity index (χ3v) is 4.25. The number of nitrogens with zero attached hydrogens (tertiary/aromatic N) is 1. The molecule has 1 unspecified atom stereocenters. The van der Waals surface area contributed by atoms with Gasteiger partial charge in [-0.1, -0.05) is 12.1 Å². The van der Waals surface area contributed by atoms with Crippen molar-refractivity contribution in [1.82, 2.24) is 0 Å². The van der Waals surface area contributed by atoms with E-state index in [0.29, 0.717) is 12.1 Å². The van der Waals surface area contributed by atoms with Crippen LogP contribution in [0.2, 0.25) is 0 Å². The van der Waals surface area contributed by atoms with Gasteiger partial charge < -0.3 is 14.7 Å². The molecular weight excluding hydrogens is 381 g/mol. The van der Waals surface area contributed by atoms with Crippen LogP contribution >= 0.6 is 22.6 Å². The smallest absolute Gasteiger partial charge is 0.260 e. The number of hydrogen-bond donors (Lipinski definition) is 1. The molecule has 2 aromatic rings. The zero-order valence-electron chi connectivity index (χ0n) is 11.4. The predicted octanol–water partition coefficient (Wildman–Crippen LogP) is 2.88. The first-order valence-electron chi connectivity index (χ1n) is 6.52. The van der Waals surface area contributed by atoms with Crippen molar-refractivity contribution in [1.29, 1.82) is 0 Å². The Morgan fingerprint density at radius 1 is 1.24 bits per heavy atom. The molecule has 1 N–H and O–H groups in total. The van der Waals surface area contributed by atoms with Gasteiger partial charge >= 0.3 is 0 Å². The van der Waals surface area contributed by atoms with Gasteiger partial charge in [0.25, 0.3) is 5.91 Å². The molecule has 1 amide bonds. The Morgan fingerprint density at radius 3 is 2.62 bits per heavy atom. The second-order valence-corrected chi connectivity index (χ2v) is 6.12. The first kappa shape index (κ1) is 14.3. The molecule has 1 heterocycles. The largest absolute Gasteiger partial charge is 0.497 e. The van der Waals surface area contributed by atoms with E-state index in [1.165, 1.54) is 0 Å². The molecule has 5 heteroatoms. The summed E-state index contributed by atoms with van der Waals surface area (Å²) < 4.78 is 6.13. The van der Waals surface area contributed by atoms with E-state index in [-0.39, 0.29) is 5.91 Å². The topological polar surface area (TPSA) is 49.8 Å². The highest BCUT2D eigenvalue weighted by Crippen LogP contribution is 2.37. The van der Waals surface area contributed by atoms with Gasteiger partial charge in [0.1, 0.15) is 5.75 Å². The summed E-state index contributed by atoms with van der Waals surface area (Å²) in [5.74, 6) is 0.504. The van der Waals surface area contributed by atoms with Crippen LogP contribution in [0.5, 0.6) is 5.75 Å². The monoisotopic (exact) mass is 395 g/mol. The van der Waals surface area contributed by atoms with Crippen LogP contribution in [0.1, 0.15) is 17.2 Å². The molecule has 108 valence electrons. The number of aliphatic hydroxyl groups excluding tert-OH is 1. The van der Waals surface area contributed by atoms with Crippen molar-refractivity contribution in [3.05, 3.63) is 57.2 Å². The molecule has 0 aliphatic carbocycles. The molecule has 0 fully saturated rings. The van der Waals surface area contributed by atoms with Gasteiger partial charge in [-0.25, -0.2) is 0 Å². The average Bonchev–Trinajstić information content (AvgIpc) is 2.73. The minimum Gasteiger partial charge on any atom is -0.497 e. The molecule has 1 aliphatic heterocycles. The summed E-state index contributed by atoms with van der Waals surface area (Å²) in [6.07, 6.45) is -1.06. The first-order chi connectivity index (χ1) is 10.1. The molecule has 0 saturated carbocycles. The Labute approximate surface area is 136 Å². The molecule has 1 aliphatic rings. The summed E-state index contributed by atoms with van der Waals surface area (Å²) in [7, 11) is 1.62. The number of rotatable bonds is 3. The normalized spacial score (nSPS) is 17.0. The number of benzene rings is 2. The Kier molecular flexibility index (Phi) is 3.86. The number of carbonyl (C=O) groups is 1. The number of aliphatic hydroxyl groups is 1. The van der Waals surface area contributed by atoms with Crippen LogP contribution in [-0.4, -0.2) is 18.1 Å². The highest BCUT2D eigenvalue weighted by Gasteiger charge is 2.35. The molecule has 4 nitrogen and oxygen atoms in total. The number of hydrogen-bond acceptors (Lipinski definition) is 3. The molecule has 0 aromatic heterocycles. The maximum Gasteiger partial charge on any atom is 0.260 e. The summed E-state index contributed by atoms with van der Waals surface area (Å²) in [6, 6.07) is 13.2. The van der Waals surface area contributed by atoms with Crippen LogP contribution in [0, 0.1) is 3.57 Å². The zero-order valence-corrected chi connectivity index (χ0v) is 13.6. The lowest BCUT2D eigenvalue weighted by atomic mass is 10.1. The summed E-state index contributed by atoms with van der Waals surface area (Å²) in [6.45, 7) is 0.438. The summed E-state index contributed by atoms with van der Waals surface area (Å²) in [5.41, 5.74) is 2.45. The van der Waals surface area contributed by atoms with Crippen molar-refractivity contribution >= 4 is 34.2 Å². The fourth-order valence-electron chi connectivity index (χ4n) is 2.47.